The van der Waals surface area contributed by atoms with E-state index in [1.807, 2.05) is 0 Å². The van der Waals surface area contributed by atoms with Gasteiger partial charge in [0.1, 0.15) is 5.69 Å². The first kappa shape index (κ1) is 14.8. The van der Waals surface area contributed by atoms with Gasteiger partial charge >= 0.3 is 6.18 Å². The van der Waals surface area contributed by atoms with Crippen molar-refractivity contribution in [1.82, 2.24) is 15.1 Å². The zero-order valence-corrected chi connectivity index (χ0v) is 11.3. The first-order valence-electron chi connectivity index (χ1n) is 5.71. The van der Waals surface area contributed by atoms with E-state index in [1.165, 1.54) is 7.05 Å². The number of alkyl halides is 3. The Labute approximate surface area is 112 Å². The van der Waals surface area contributed by atoms with E-state index in [0.717, 1.165) is 4.68 Å². The number of amides is 1. The third-order valence-electron chi connectivity index (χ3n) is 2.97. The van der Waals surface area contributed by atoms with Crippen LogP contribution in [0.3, 0.4) is 0 Å². The van der Waals surface area contributed by atoms with Crippen LogP contribution in [0, 0.1) is 0 Å². The van der Waals surface area contributed by atoms with Crippen molar-refractivity contribution in [2.45, 2.75) is 18.6 Å². The fourth-order valence-electron chi connectivity index (χ4n) is 1.99. The highest BCUT2D eigenvalue weighted by Gasteiger charge is 2.36. The van der Waals surface area contributed by atoms with E-state index < -0.39 is 33.7 Å². The molecule has 0 spiro atoms. The van der Waals surface area contributed by atoms with Crippen LogP contribution in [0.1, 0.15) is 22.6 Å². The maximum absolute atomic E-state index is 12.5. The molecule has 1 aliphatic rings. The predicted molar refractivity (Wildman–Crippen MR) is 62.7 cm³/mol. The third-order valence-corrected chi connectivity index (χ3v) is 4.74. The van der Waals surface area contributed by atoms with Crippen molar-refractivity contribution < 1.29 is 26.4 Å². The van der Waals surface area contributed by atoms with Gasteiger partial charge in [-0.1, -0.05) is 0 Å². The number of halogens is 3. The van der Waals surface area contributed by atoms with Crippen LogP contribution in [0.15, 0.2) is 6.07 Å². The Kier molecular flexibility index (Phi) is 3.53. The van der Waals surface area contributed by atoms with Gasteiger partial charge in [0.15, 0.2) is 15.5 Å². The molecule has 2 heterocycles. The first-order valence-corrected chi connectivity index (χ1v) is 7.53. The zero-order chi connectivity index (χ0) is 15.1. The molecule has 1 atom stereocenters. The van der Waals surface area contributed by atoms with Crippen LogP contribution < -0.4 is 5.32 Å². The maximum Gasteiger partial charge on any atom is 0.435 e. The van der Waals surface area contributed by atoms with Gasteiger partial charge in [-0.2, -0.15) is 18.3 Å². The summed E-state index contributed by atoms with van der Waals surface area (Å²) in [6.45, 7) is 0. The average Bonchev–Trinajstić information content (AvgIpc) is 2.81. The SMILES string of the molecule is Cn1nc(C(F)(F)F)cc1C(=O)N[C@@H]1CCS(=O)(=O)C1. The van der Waals surface area contributed by atoms with Gasteiger partial charge in [0.2, 0.25) is 0 Å². The Balaban J connectivity index is 2.12. The van der Waals surface area contributed by atoms with Gasteiger partial charge in [-0.25, -0.2) is 8.42 Å². The van der Waals surface area contributed by atoms with Gasteiger partial charge in [0.05, 0.1) is 11.5 Å². The average molecular weight is 311 g/mol. The number of nitrogens with zero attached hydrogens (tertiary/aromatic N) is 2. The van der Waals surface area contributed by atoms with Crippen LogP contribution in [0.5, 0.6) is 0 Å². The molecule has 0 saturated carbocycles. The molecule has 1 aliphatic heterocycles. The number of carbonyl (C=O) groups excluding carboxylic acids is 1. The van der Waals surface area contributed by atoms with Crippen LogP contribution in [0.25, 0.3) is 0 Å². The molecule has 1 amide bonds. The number of rotatable bonds is 2. The van der Waals surface area contributed by atoms with E-state index in [2.05, 4.69) is 10.4 Å². The molecule has 1 saturated heterocycles. The molecule has 20 heavy (non-hydrogen) atoms. The van der Waals surface area contributed by atoms with Crippen molar-refractivity contribution in [2.24, 2.45) is 7.05 Å². The lowest BCUT2D eigenvalue weighted by molar-refractivity contribution is -0.141. The van der Waals surface area contributed by atoms with E-state index in [0.29, 0.717) is 6.07 Å². The highest BCUT2D eigenvalue weighted by molar-refractivity contribution is 7.91. The minimum Gasteiger partial charge on any atom is -0.347 e. The van der Waals surface area contributed by atoms with Gasteiger partial charge in [-0.3, -0.25) is 9.48 Å². The molecule has 0 aromatic carbocycles. The van der Waals surface area contributed by atoms with Gasteiger partial charge in [-0.05, 0) is 6.42 Å². The van der Waals surface area contributed by atoms with E-state index >= 15 is 0 Å². The Hall–Kier alpha value is -1.58. The van der Waals surface area contributed by atoms with Gasteiger partial charge in [0, 0.05) is 19.2 Å². The number of hydrogen-bond donors (Lipinski definition) is 1. The Morgan fingerprint density at radius 3 is 2.60 bits per heavy atom. The standard InChI is InChI=1S/C10H12F3N3O3S/c1-16-7(4-8(15-16)10(11,12)13)9(17)14-6-2-3-20(18,19)5-6/h4,6H,2-3,5H2,1H3,(H,14,17)/t6-/m1/s1. The Morgan fingerprint density at radius 1 is 1.50 bits per heavy atom. The van der Waals surface area contributed by atoms with Crippen LogP contribution >= 0.6 is 0 Å². The van der Waals surface area contributed by atoms with E-state index in [9.17, 15) is 26.4 Å². The van der Waals surface area contributed by atoms with E-state index in [1.54, 1.807) is 0 Å². The summed E-state index contributed by atoms with van der Waals surface area (Å²) in [5, 5.41) is 5.63. The Bertz CT molecular complexity index is 636. The molecule has 1 aromatic rings. The fraction of sp³-hybridized carbons (Fsp3) is 0.600. The lowest BCUT2D eigenvalue weighted by Crippen LogP contribution is -2.36. The number of aromatic nitrogens is 2. The lowest BCUT2D eigenvalue weighted by atomic mass is 10.2. The molecule has 1 fully saturated rings. The molecular weight excluding hydrogens is 299 g/mol. The number of sulfone groups is 1. The van der Waals surface area contributed by atoms with Crippen molar-refractivity contribution >= 4 is 15.7 Å². The van der Waals surface area contributed by atoms with Crippen molar-refractivity contribution in [1.29, 1.82) is 0 Å². The summed E-state index contributed by atoms with van der Waals surface area (Å²) in [5.74, 6) is -0.988. The largest absolute Gasteiger partial charge is 0.435 e. The summed E-state index contributed by atoms with van der Waals surface area (Å²) >= 11 is 0. The van der Waals surface area contributed by atoms with Crippen molar-refractivity contribution in [3.8, 4) is 0 Å². The second kappa shape index (κ2) is 4.76. The minimum absolute atomic E-state index is 0.0306. The first-order chi connectivity index (χ1) is 9.08. The fourth-order valence-corrected chi connectivity index (χ4v) is 3.66. The van der Waals surface area contributed by atoms with Crippen LogP contribution in [0.4, 0.5) is 13.2 Å². The molecule has 112 valence electrons. The molecule has 0 bridgehead atoms. The topological polar surface area (TPSA) is 81.1 Å². The summed E-state index contributed by atoms with van der Waals surface area (Å²) in [6, 6.07) is 0.0652. The predicted octanol–water partition coefficient (Wildman–Crippen LogP) is 0.356. The monoisotopic (exact) mass is 311 g/mol. The number of carbonyl (C=O) groups is 1. The summed E-state index contributed by atoms with van der Waals surface area (Å²) < 4.78 is 60.7. The molecular formula is C10H12F3N3O3S. The van der Waals surface area contributed by atoms with Gasteiger partial charge < -0.3 is 5.32 Å². The van der Waals surface area contributed by atoms with Gasteiger partial charge in [-0.15, -0.1) is 0 Å². The van der Waals surface area contributed by atoms with Crippen molar-refractivity contribution in [2.75, 3.05) is 11.5 Å². The van der Waals surface area contributed by atoms with Crippen molar-refractivity contribution in [3.05, 3.63) is 17.5 Å². The number of hydrogen-bond acceptors (Lipinski definition) is 4. The lowest BCUT2D eigenvalue weighted by Gasteiger charge is -2.10. The van der Waals surface area contributed by atoms with Crippen molar-refractivity contribution in [3.63, 3.8) is 0 Å². The Morgan fingerprint density at radius 2 is 2.15 bits per heavy atom. The number of aryl methyl sites for hydroxylation is 1. The minimum atomic E-state index is -4.63. The van der Waals surface area contributed by atoms with E-state index in [-0.39, 0.29) is 23.6 Å². The summed E-state index contributed by atoms with van der Waals surface area (Å²) in [7, 11) is -1.95. The van der Waals surface area contributed by atoms with Crippen LogP contribution in [-0.2, 0) is 23.1 Å². The van der Waals surface area contributed by atoms with E-state index in [4.69, 9.17) is 0 Å². The summed E-state index contributed by atoms with van der Waals surface area (Å²) in [6.07, 6.45) is -4.37. The smallest absolute Gasteiger partial charge is 0.347 e. The molecule has 10 heteroatoms. The number of nitrogens with one attached hydrogen (secondary N) is 1. The van der Waals surface area contributed by atoms with Crippen LogP contribution in [-0.4, -0.2) is 41.7 Å². The molecule has 0 radical (unpaired) electrons. The summed E-state index contributed by atoms with van der Waals surface area (Å²) in [5.41, 5.74) is -1.43. The highest BCUT2D eigenvalue weighted by Crippen LogP contribution is 2.28. The molecule has 6 nitrogen and oxygen atoms in total. The normalized spacial score (nSPS) is 21.9. The second-order valence-corrected chi connectivity index (χ2v) is 6.84. The summed E-state index contributed by atoms with van der Waals surface area (Å²) in [4.78, 5) is 11.8. The maximum atomic E-state index is 12.5. The van der Waals surface area contributed by atoms with Crippen LogP contribution in [0.2, 0.25) is 0 Å². The molecule has 2 rings (SSSR count). The second-order valence-electron chi connectivity index (χ2n) is 4.61. The highest BCUT2D eigenvalue weighted by atomic mass is 32.2. The molecule has 1 aromatic heterocycles. The molecule has 0 unspecified atom stereocenters. The molecule has 1 N–H and O–H groups in total. The molecule has 0 aliphatic carbocycles. The zero-order valence-electron chi connectivity index (χ0n) is 10.4. The quantitative estimate of drug-likeness (QED) is 0.855. The third kappa shape index (κ3) is 3.11. The van der Waals surface area contributed by atoms with Gasteiger partial charge in [0.25, 0.3) is 5.91 Å².